The highest BCUT2D eigenvalue weighted by molar-refractivity contribution is 8.00. The second-order valence-corrected chi connectivity index (χ2v) is 7.62. The first-order chi connectivity index (χ1) is 15.2. The molecule has 0 fully saturated rings. The molecule has 32 heavy (non-hydrogen) atoms. The predicted octanol–water partition coefficient (Wildman–Crippen LogP) is 2.06. The largest absolute Gasteiger partial charge is 0.452 e. The van der Waals surface area contributed by atoms with Crippen molar-refractivity contribution in [3.05, 3.63) is 59.7 Å². The number of benzene rings is 2. The van der Waals surface area contributed by atoms with Crippen molar-refractivity contribution in [1.82, 2.24) is 10.2 Å². The van der Waals surface area contributed by atoms with E-state index >= 15 is 0 Å². The van der Waals surface area contributed by atoms with Crippen molar-refractivity contribution in [2.75, 3.05) is 38.3 Å². The molecule has 2 aromatic carbocycles. The van der Waals surface area contributed by atoms with Crippen LogP contribution in [0.25, 0.3) is 0 Å². The number of rotatable bonds is 9. The van der Waals surface area contributed by atoms with Crippen LogP contribution in [0.5, 0.6) is 0 Å². The minimum Gasteiger partial charge on any atom is -0.452 e. The summed E-state index contributed by atoms with van der Waals surface area (Å²) in [5.41, 5.74) is 0.226. The van der Waals surface area contributed by atoms with Crippen molar-refractivity contribution in [2.45, 2.75) is 4.90 Å². The molecule has 0 saturated carbocycles. The standard InChI is InChI=1S/C21H21F2N3O5S/c1-26(2)20(29)12-32-17-6-4-3-5-14(17)21(30)31-11-19(28)24-10-18(27)25-13-7-8-15(22)16(23)9-13/h3-9H,10-12H2,1-2H3,(H,24,28)(H,25,27). The monoisotopic (exact) mass is 465 g/mol. The molecule has 11 heteroatoms. The Hall–Kier alpha value is -3.47. The normalized spacial score (nSPS) is 10.2. The van der Waals surface area contributed by atoms with Crippen molar-refractivity contribution in [3.8, 4) is 0 Å². The SMILES string of the molecule is CN(C)C(=O)CSc1ccccc1C(=O)OCC(=O)NCC(=O)Nc1ccc(F)c(F)c1. The lowest BCUT2D eigenvalue weighted by Gasteiger charge is -2.12. The predicted molar refractivity (Wildman–Crippen MR) is 114 cm³/mol. The van der Waals surface area contributed by atoms with Crippen LogP contribution in [-0.2, 0) is 19.1 Å². The summed E-state index contributed by atoms with van der Waals surface area (Å²) >= 11 is 1.17. The molecule has 0 radical (unpaired) electrons. The van der Waals surface area contributed by atoms with Gasteiger partial charge in [0, 0.05) is 30.7 Å². The van der Waals surface area contributed by atoms with E-state index in [9.17, 15) is 28.0 Å². The van der Waals surface area contributed by atoms with E-state index in [0.29, 0.717) is 4.90 Å². The van der Waals surface area contributed by atoms with E-state index in [1.165, 1.54) is 28.8 Å². The van der Waals surface area contributed by atoms with Gasteiger partial charge in [-0.2, -0.15) is 0 Å². The molecule has 0 aliphatic carbocycles. The van der Waals surface area contributed by atoms with Gasteiger partial charge >= 0.3 is 5.97 Å². The van der Waals surface area contributed by atoms with Gasteiger partial charge in [-0.15, -0.1) is 11.8 Å². The minimum absolute atomic E-state index is 0.0245. The van der Waals surface area contributed by atoms with Gasteiger partial charge in [0.05, 0.1) is 17.9 Å². The second-order valence-electron chi connectivity index (χ2n) is 6.60. The number of ether oxygens (including phenoxy) is 1. The summed E-state index contributed by atoms with van der Waals surface area (Å²) in [6, 6.07) is 9.33. The van der Waals surface area contributed by atoms with Gasteiger partial charge < -0.3 is 20.3 Å². The Bertz CT molecular complexity index is 1020. The van der Waals surface area contributed by atoms with E-state index in [4.69, 9.17) is 4.74 Å². The molecule has 2 aromatic rings. The van der Waals surface area contributed by atoms with Crippen LogP contribution < -0.4 is 10.6 Å². The molecular formula is C21H21F2N3O5S. The third-order valence-electron chi connectivity index (χ3n) is 3.94. The van der Waals surface area contributed by atoms with Crippen LogP contribution in [0.2, 0.25) is 0 Å². The Morgan fingerprint density at radius 1 is 1.00 bits per heavy atom. The van der Waals surface area contributed by atoms with Gasteiger partial charge in [-0.3, -0.25) is 14.4 Å². The molecule has 8 nitrogen and oxygen atoms in total. The number of anilines is 1. The fourth-order valence-corrected chi connectivity index (χ4v) is 3.27. The molecule has 0 spiro atoms. The number of carbonyl (C=O) groups excluding carboxylic acids is 4. The number of esters is 1. The molecule has 0 unspecified atom stereocenters. The summed E-state index contributed by atoms with van der Waals surface area (Å²) in [7, 11) is 3.25. The van der Waals surface area contributed by atoms with Crippen molar-refractivity contribution in [3.63, 3.8) is 0 Å². The first-order valence-corrected chi connectivity index (χ1v) is 10.3. The minimum atomic E-state index is -1.12. The van der Waals surface area contributed by atoms with Crippen LogP contribution in [0.1, 0.15) is 10.4 Å². The van der Waals surface area contributed by atoms with Gasteiger partial charge in [-0.1, -0.05) is 12.1 Å². The van der Waals surface area contributed by atoms with E-state index < -0.39 is 42.6 Å². The molecule has 0 bridgehead atoms. The maximum atomic E-state index is 13.1. The van der Waals surface area contributed by atoms with Crippen LogP contribution in [-0.4, -0.2) is 61.6 Å². The van der Waals surface area contributed by atoms with Crippen molar-refractivity contribution >= 4 is 41.1 Å². The fourth-order valence-electron chi connectivity index (χ4n) is 2.25. The maximum Gasteiger partial charge on any atom is 0.339 e. The fraction of sp³-hybridized carbons (Fsp3) is 0.238. The quantitative estimate of drug-likeness (QED) is 0.434. The van der Waals surface area contributed by atoms with Gasteiger partial charge in [-0.05, 0) is 24.3 Å². The number of amides is 3. The zero-order valence-corrected chi connectivity index (χ0v) is 18.1. The number of hydrogen-bond acceptors (Lipinski definition) is 6. The van der Waals surface area contributed by atoms with Crippen molar-refractivity contribution in [2.24, 2.45) is 0 Å². The second kappa shape index (κ2) is 11.8. The lowest BCUT2D eigenvalue weighted by molar-refractivity contribution is -0.126. The van der Waals surface area contributed by atoms with E-state index in [1.54, 1.807) is 32.3 Å². The van der Waals surface area contributed by atoms with E-state index in [1.807, 2.05) is 0 Å². The number of nitrogens with zero attached hydrogens (tertiary/aromatic N) is 1. The molecule has 0 heterocycles. The molecular weight excluding hydrogens is 444 g/mol. The first-order valence-electron chi connectivity index (χ1n) is 9.28. The first kappa shape index (κ1) is 24.8. The zero-order chi connectivity index (χ0) is 23.7. The third kappa shape index (κ3) is 7.65. The van der Waals surface area contributed by atoms with Crippen LogP contribution >= 0.6 is 11.8 Å². The molecule has 0 atom stereocenters. The molecule has 2 N–H and O–H groups in total. The lowest BCUT2D eigenvalue weighted by Crippen LogP contribution is -2.35. The molecule has 0 aliphatic rings. The highest BCUT2D eigenvalue weighted by atomic mass is 32.2. The van der Waals surface area contributed by atoms with Crippen LogP contribution in [0, 0.1) is 11.6 Å². The summed E-state index contributed by atoms with van der Waals surface area (Å²) in [5, 5.41) is 4.54. The van der Waals surface area contributed by atoms with Gasteiger partial charge in [0.1, 0.15) is 0 Å². The van der Waals surface area contributed by atoms with Gasteiger partial charge in [0.15, 0.2) is 18.2 Å². The Kier molecular flexibility index (Phi) is 9.14. The van der Waals surface area contributed by atoms with Crippen LogP contribution in [0.4, 0.5) is 14.5 Å². The summed E-state index contributed by atoms with van der Waals surface area (Å²) in [6.45, 7) is -1.10. The Morgan fingerprint density at radius 2 is 1.72 bits per heavy atom. The summed E-state index contributed by atoms with van der Waals surface area (Å²) < 4.78 is 31.0. The smallest absolute Gasteiger partial charge is 0.339 e. The molecule has 0 aliphatic heterocycles. The average molecular weight is 465 g/mol. The molecule has 0 aromatic heterocycles. The summed E-state index contributed by atoms with van der Waals surface area (Å²) in [5.74, 6) is -4.34. The van der Waals surface area contributed by atoms with E-state index in [2.05, 4.69) is 10.6 Å². The van der Waals surface area contributed by atoms with Crippen molar-refractivity contribution < 1.29 is 32.7 Å². The number of halogens is 2. The maximum absolute atomic E-state index is 13.1. The Balaban J connectivity index is 1.81. The van der Waals surface area contributed by atoms with E-state index in [-0.39, 0.29) is 22.9 Å². The zero-order valence-electron chi connectivity index (χ0n) is 17.3. The molecule has 170 valence electrons. The van der Waals surface area contributed by atoms with E-state index in [0.717, 1.165) is 12.1 Å². The highest BCUT2D eigenvalue weighted by Gasteiger charge is 2.16. The van der Waals surface area contributed by atoms with Gasteiger partial charge in [0.25, 0.3) is 5.91 Å². The summed E-state index contributed by atoms with van der Waals surface area (Å²) in [4.78, 5) is 49.7. The third-order valence-corrected chi connectivity index (χ3v) is 5.00. The number of hydrogen-bond donors (Lipinski definition) is 2. The lowest BCUT2D eigenvalue weighted by atomic mass is 10.2. The molecule has 3 amide bonds. The topological polar surface area (TPSA) is 105 Å². The molecule has 2 rings (SSSR count). The molecule has 0 saturated heterocycles. The Morgan fingerprint density at radius 3 is 2.41 bits per heavy atom. The average Bonchev–Trinajstić information content (AvgIpc) is 2.77. The number of nitrogens with one attached hydrogen (secondary N) is 2. The summed E-state index contributed by atoms with van der Waals surface area (Å²) in [6.07, 6.45) is 0. The highest BCUT2D eigenvalue weighted by Crippen LogP contribution is 2.23. The van der Waals surface area contributed by atoms with Crippen molar-refractivity contribution in [1.29, 1.82) is 0 Å². The number of carbonyl (C=O) groups is 4. The Labute approximate surface area is 187 Å². The van der Waals surface area contributed by atoms with Gasteiger partial charge in [0.2, 0.25) is 11.8 Å². The van der Waals surface area contributed by atoms with Gasteiger partial charge in [-0.25, -0.2) is 13.6 Å². The number of thioether (sulfide) groups is 1. The van der Waals surface area contributed by atoms with Crippen LogP contribution in [0.3, 0.4) is 0 Å². The van der Waals surface area contributed by atoms with Crippen LogP contribution in [0.15, 0.2) is 47.4 Å².